The van der Waals surface area contributed by atoms with Crippen molar-refractivity contribution < 1.29 is 0 Å². The van der Waals surface area contributed by atoms with Crippen molar-refractivity contribution in [3.05, 3.63) is 36.5 Å². The van der Waals surface area contributed by atoms with Gasteiger partial charge < -0.3 is 10.2 Å². The topological polar surface area (TPSA) is 66.8 Å². The Morgan fingerprint density at radius 3 is 2.43 bits per heavy atom. The molecule has 6 heteroatoms. The second kappa shape index (κ2) is 7.46. The molecule has 0 spiro atoms. The molecule has 0 unspecified atom stereocenters. The van der Waals surface area contributed by atoms with Crippen LogP contribution in [0.1, 0.15) is 32.4 Å². The van der Waals surface area contributed by atoms with Crippen LogP contribution in [0.2, 0.25) is 0 Å². The fraction of sp³-hybridized carbons (Fsp3) is 0.529. The zero-order valence-electron chi connectivity index (χ0n) is 13.8. The normalized spacial score (nSPS) is 16.7. The van der Waals surface area contributed by atoms with Gasteiger partial charge in [-0.15, -0.1) is 0 Å². The van der Waals surface area contributed by atoms with Gasteiger partial charge in [0.2, 0.25) is 5.95 Å². The molecular weight excluding hydrogens is 288 g/mol. The molecule has 1 aliphatic rings. The van der Waals surface area contributed by atoms with Crippen LogP contribution in [0, 0.1) is 5.92 Å². The maximum atomic E-state index is 4.53. The average Bonchev–Trinajstić information content (AvgIpc) is 2.58. The lowest BCUT2D eigenvalue weighted by molar-refractivity contribution is 0.149. The molecule has 0 radical (unpaired) electrons. The average molecular weight is 312 g/mol. The summed E-state index contributed by atoms with van der Waals surface area (Å²) in [5.41, 5.74) is 1.00. The molecule has 0 aliphatic carbocycles. The third-order valence-electron chi connectivity index (χ3n) is 4.43. The quantitative estimate of drug-likeness (QED) is 0.915. The van der Waals surface area contributed by atoms with Crippen molar-refractivity contribution in [1.82, 2.24) is 24.8 Å². The summed E-state index contributed by atoms with van der Waals surface area (Å²) in [5.74, 6) is 1.99. The van der Waals surface area contributed by atoms with Crippen LogP contribution >= 0.6 is 0 Å². The van der Waals surface area contributed by atoms with Crippen molar-refractivity contribution in [2.75, 3.05) is 18.4 Å². The Bertz CT molecular complexity index is 607. The summed E-state index contributed by atoms with van der Waals surface area (Å²) in [6.45, 7) is 6.88. The van der Waals surface area contributed by atoms with E-state index < -0.39 is 0 Å². The zero-order chi connectivity index (χ0) is 16.1. The smallest absolute Gasteiger partial charge is 0.228 e. The first-order chi connectivity index (χ1) is 11.2. The van der Waals surface area contributed by atoms with Crippen LogP contribution in [0.4, 0.5) is 11.8 Å². The molecule has 1 N–H and O–H groups in total. The van der Waals surface area contributed by atoms with Gasteiger partial charge in [0.05, 0.1) is 5.69 Å². The number of likely N-dealkylation sites (tertiary alicyclic amines) is 1. The summed E-state index contributed by atoms with van der Waals surface area (Å²) >= 11 is 0. The van der Waals surface area contributed by atoms with Crippen molar-refractivity contribution in [2.24, 2.45) is 5.92 Å². The number of aromatic nitrogens is 4. The van der Waals surface area contributed by atoms with E-state index in [0.717, 1.165) is 17.9 Å². The van der Waals surface area contributed by atoms with Gasteiger partial charge in [0.1, 0.15) is 0 Å². The number of hydrogen-bond acceptors (Lipinski definition) is 6. The SMILES string of the molecule is CC(C)N1CCC(Cc2nccnc2Nc2ncccn2)CC1. The minimum atomic E-state index is 0.559. The van der Waals surface area contributed by atoms with Gasteiger partial charge in [-0.05, 0) is 58.2 Å². The maximum Gasteiger partial charge on any atom is 0.228 e. The molecular formula is C17H24N6. The van der Waals surface area contributed by atoms with Crippen molar-refractivity contribution in [1.29, 1.82) is 0 Å². The summed E-state index contributed by atoms with van der Waals surface area (Å²) in [6.07, 6.45) is 10.3. The van der Waals surface area contributed by atoms with Crippen LogP contribution in [0.3, 0.4) is 0 Å². The summed E-state index contributed by atoms with van der Waals surface area (Å²) in [6, 6.07) is 2.44. The second-order valence-corrected chi connectivity index (χ2v) is 6.33. The molecule has 0 bridgehead atoms. The van der Waals surface area contributed by atoms with Crippen molar-refractivity contribution in [3.8, 4) is 0 Å². The first-order valence-corrected chi connectivity index (χ1v) is 8.30. The van der Waals surface area contributed by atoms with E-state index in [0.29, 0.717) is 17.9 Å². The molecule has 6 nitrogen and oxygen atoms in total. The largest absolute Gasteiger partial charge is 0.307 e. The highest BCUT2D eigenvalue weighted by atomic mass is 15.2. The van der Waals surface area contributed by atoms with Gasteiger partial charge in [0.15, 0.2) is 5.82 Å². The number of rotatable bonds is 5. The van der Waals surface area contributed by atoms with Gasteiger partial charge in [0, 0.05) is 30.8 Å². The van der Waals surface area contributed by atoms with Gasteiger partial charge in [0.25, 0.3) is 0 Å². The zero-order valence-corrected chi connectivity index (χ0v) is 13.8. The minimum absolute atomic E-state index is 0.559. The second-order valence-electron chi connectivity index (χ2n) is 6.33. The van der Waals surface area contributed by atoms with E-state index in [9.17, 15) is 0 Å². The predicted molar refractivity (Wildman–Crippen MR) is 90.5 cm³/mol. The van der Waals surface area contributed by atoms with E-state index >= 15 is 0 Å². The number of hydrogen-bond donors (Lipinski definition) is 1. The Morgan fingerprint density at radius 1 is 1.04 bits per heavy atom. The monoisotopic (exact) mass is 312 g/mol. The Labute approximate surface area is 137 Å². The molecule has 1 saturated heterocycles. The fourth-order valence-electron chi connectivity index (χ4n) is 3.04. The summed E-state index contributed by atoms with van der Waals surface area (Å²) in [5, 5.41) is 3.18. The third kappa shape index (κ3) is 4.22. The van der Waals surface area contributed by atoms with E-state index in [1.807, 2.05) is 0 Å². The fourth-order valence-corrected chi connectivity index (χ4v) is 3.04. The first-order valence-electron chi connectivity index (χ1n) is 8.30. The lowest BCUT2D eigenvalue weighted by Crippen LogP contribution is -2.38. The Hall–Kier alpha value is -2.08. The molecule has 0 aromatic carbocycles. The van der Waals surface area contributed by atoms with Crippen LogP contribution in [-0.4, -0.2) is 44.0 Å². The van der Waals surface area contributed by atoms with Crippen LogP contribution in [0.5, 0.6) is 0 Å². The van der Waals surface area contributed by atoms with Crippen molar-refractivity contribution in [2.45, 2.75) is 39.2 Å². The van der Waals surface area contributed by atoms with Crippen LogP contribution in [-0.2, 0) is 6.42 Å². The number of anilines is 2. The standard InChI is InChI=1S/C17H24N6/c1-13(2)23-10-4-14(5-11-23)12-15-16(19-9-8-18-15)22-17-20-6-3-7-21-17/h3,6-9,13-14H,4-5,10-12H2,1-2H3,(H,19,20,21,22). The van der Waals surface area contributed by atoms with E-state index in [1.165, 1.54) is 25.9 Å². The highest BCUT2D eigenvalue weighted by Crippen LogP contribution is 2.25. The van der Waals surface area contributed by atoms with Gasteiger partial charge in [-0.3, -0.25) is 4.98 Å². The van der Waals surface area contributed by atoms with Crippen LogP contribution in [0.25, 0.3) is 0 Å². The highest BCUT2D eigenvalue weighted by Gasteiger charge is 2.22. The molecule has 3 rings (SSSR count). The van der Waals surface area contributed by atoms with Crippen molar-refractivity contribution >= 4 is 11.8 Å². The number of nitrogens with zero attached hydrogens (tertiary/aromatic N) is 5. The predicted octanol–water partition coefficient (Wildman–Crippen LogP) is 2.67. The molecule has 3 heterocycles. The molecule has 1 aliphatic heterocycles. The molecule has 0 amide bonds. The van der Waals surface area contributed by atoms with Crippen LogP contribution in [0.15, 0.2) is 30.9 Å². The molecule has 23 heavy (non-hydrogen) atoms. The molecule has 2 aromatic heterocycles. The summed E-state index contributed by atoms with van der Waals surface area (Å²) in [7, 11) is 0. The van der Waals surface area contributed by atoms with E-state index in [2.05, 4.69) is 44.0 Å². The Balaban J connectivity index is 1.65. The summed E-state index contributed by atoms with van der Waals surface area (Å²) < 4.78 is 0. The van der Waals surface area contributed by atoms with Gasteiger partial charge >= 0.3 is 0 Å². The molecule has 122 valence electrons. The lowest BCUT2D eigenvalue weighted by atomic mass is 9.91. The molecule has 0 saturated carbocycles. The van der Waals surface area contributed by atoms with Crippen molar-refractivity contribution in [3.63, 3.8) is 0 Å². The summed E-state index contributed by atoms with van der Waals surface area (Å²) in [4.78, 5) is 19.9. The Kier molecular flexibility index (Phi) is 5.12. The van der Waals surface area contributed by atoms with Gasteiger partial charge in [-0.25, -0.2) is 15.0 Å². The molecule has 0 atom stereocenters. The molecule has 1 fully saturated rings. The van der Waals surface area contributed by atoms with E-state index in [4.69, 9.17) is 0 Å². The van der Waals surface area contributed by atoms with Crippen LogP contribution < -0.4 is 5.32 Å². The maximum absolute atomic E-state index is 4.53. The first kappa shape index (κ1) is 15.8. The Morgan fingerprint density at radius 2 is 1.74 bits per heavy atom. The minimum Gasteiger partial charge on any atom is -0.307 e. The van der Waals surface area contributed by atoms with Gasteiger partial charge in [-0.1, -0.05) is 0 Å². The van der Waals surface area contributed by atoms with Gasteiger partial charge in [-0.2, -0.15) is 0 Å². The van der Waals surface area contributed by atoms with E-state index in [1.54, 1.807) is 30.9 Å². The number of nitrogens with one attached hydrogen (secondary N) is 1. The number of piperidine rings is 1. The third-order valence-corrected chi connectivity index (χ3v) is 4.43. The molecule has 2 aromatic rings. The highest BCUT2D eigenvalue weighted by molar-refractivity contribution is 5.50. The van der Waals surface area contributed by atoms with E-state index in [-0.39, 0.29) is 0 Å². The lowest BCUT2D eigenvalue weighted by Gasteiger charge is -2.34.